The molecule has 1 fully saturated rings. The lowest BCUT2D eigenvalue weighted by atomic mass is 10.1. The molecule has 0 aromatic carbocycles. The monoisotopic (exact) mass is 226 g/mol. The molecule has 1 amide bonds. The predicted octanol–water partition coefficient (Wildman–Crippen LogP) is 1.71. The van der Waals surface area contributed by atoms with Crippen LogP contribution in [0.1, 0.15) is 6.42 Å². The number of hydrogen-bond acceptors (Lipinski definition) is 3. The zero-order valence-corrected chi connectivity index (χ0v) is 8.83. The van der Waals surface area contributed by atoms with E-state index < -0.39 is 0 Å². The van der Waals surface area contributed by atoms with Gasteiger partial charge >= 0.3 is 0 Å². The first-order valence-corrected chi connectivity index (χ1v) is 5.13. The molecular weight excluding hydrogens is 216 g/mol. The summed E-state index contributed by atoms with van der Waals surface area (Å²) in [5, 5.41) is 3.24. The maximum atomic E-state index is 11.7. The Hall–Kier alpha value is -1.13. The maximum Gasteiger partial charge on any atom is 0.229 e. The molecule has 15 heavy (non-hydrogen) atoms. The number of nitrogens with zero attached hydrogens (tertiary/aromatic N) is 1. The van der Waals surface area contributed by atoms with Crippen molar-refractivity contribution in [2.75, 3.05) is 18.5 Å². The zero-order valence-electron chi connectivity index (χ0n) is 8.07. The fourth-order valence-corrected chi connectivity index (χ4v) is 1.60. The van der Waals surface area contributed by atoms with Crippen LogP contribution in [0.3, 0.4) is 0 Å². The van der Waals surface area contributed by atoms with E-state index in [0.717, 1.165) is 6.42 Å². The maximum absolute atomic E-state index is 11.7. The van der Waals surface area contributed by atoms with Crippen LogP contribution in [0.2, 0.25) is 5.02 Å². The van der Waals surface area contributed by atoms with E-state index in [1.165, 1.54) is 6.20 Å². The van der Waals surface area contributed by atoms with E-state index in [9.17, 15) is 4.79 Å². The predicted molar refractivity (Wildman–Crippen MR) is 56.8 cm³/mol. The van der Waals surface area contributed by atoms with Crippen LogP contribution >= 0.6 is 11.6 Å². The second-order valence-electron chi connectivity index (χ2n) is 3.41. The van der Waals surface area contributed by atoms with Gasteiger partial charge in [0.05, 0.1) is 29.4 Å². The van der Waals surface area contributed by atoms with E-state index in [-0.39, 0.29) is 11.8 Å². The Morgan fingerprint density at radius 3 is 3.20 bits per heavy atom. The summed E-state index contributed by atoms with van der Waals surface area (Å²) in [6, 6.07) is 1.64. The van der Waals surface area contributed by atoms with Gasteiger partial charge in [-0.3, -0.25) is 9.78 Å². The Morgan fingerprint density at radius 1 is 1.67 bits per heavy atom. The summed E-state index contributed by atoms with van der Waals surface area (Å²) in [6.07, 6.45) is 3.89. The van der Waals surface area contributed by atoms with Crippen LogP contribution in [-0.4, -0.2) is 24.1 Å². The normalized spacial score (nSPS) is 20.2. The molecule has 1 unspecified atom stereocenters. The van der Waals surface area contributed by atoms with Crippen LogP contribution in [0.5, 0.6) is 0 Å². The SMILES string of the molecule is O=C(Nc1cnccc1Cl)C1CCOC1. The average Bonchev–Trinajstić information content (AvgIpc) is 2.74. The topological polar surface area (TPSA) is 51.2 Å². The summed E-state index contributed by atoms with van der Waals surface area (Å²) in [7, 11) is 0. The van der Waals surface area contributed by atoms with Crippen molar-refractivity contribution in [1.29, 1.82) is 0 Å². The first-order chi connectivity index (χ1) is 7.27. The van der Waals surface area contributed by atoms with Crippen molar-refractivity contribution in [2.24, 2.45) is 5.92 Å². The first kappa shape index (κ1) is 10.4. The molecule has 0 bridgehead atoms. The van der Waals surface area contributed by atoms with Gasteiger partial charge in [0.25, 0.3) is 0 Å². The molecule has 1 N–H and O–H groups in total. The molecule has 4 nitrogen and oxygen atoms in total. The van der Waals surface area contributed by atoms with Crippen molar-refractivity contribution in [1.82, 2.24) is 4.98 Å². The van der Waals surface area contributed by atoms with Crippen molar-refractivity contribution in [3.8, 4) is 0 Å². The molecule has 0 spiro atoms. The summed E-state index contributed by atoms with van der Waals surface area (Å²) >= 11 is 5.89. The molecule has 80 valence electrons. The number of aromatic nitrogens is 1. The molecule has 0 saturated carbocycles. The molecule has 2 rings (SSSR count). The number of hydrogen-bond donors (Lipinski definition) is 1. The van der Waals surface area contributed by atoms with Crippen molar-refractivity contribution in [3.05, 3.63) is 23.5 Å². The highest BCUT2D eigenvalue weighted by molar-refractivity contribution is 6.33. The Labute approximate surface area is 92.6 Å². The second-order valence-corrected chi connectivity index (χ2v) is 3.81. The number of ether oxygens (including phenoxy) is 1. The van der Waals surface area contributed by atoms with E-state index >= 15 is 0 Å². The van der Waals surface area contributed by atoms with Gasteiger partial charge in [-0.1, -0.05) is 11.6 Å². The quantitative estimate of drug-likeness (QED) is 0.835. The van der Waals surface area contributed by atoms with Gasteiger partial charge in [-0.05, 0) is 12.5 Å². The number of carbonyl (C=O) groups is 1. The van der Waals surface area contributed by atoms with Crippen LogP contribution in [0.15, 0.2) is 18.5 Å². The third-order valence-electron chi connectivity index (χ3n) is 2.33. The molecule has 0 aliphatic carbocycles. The highest BCUT2D eigenvalue weighted by Crippen LogP contribution is 2.21. The summed E-state index contributed by atoms with van der Waals surface area (Å²) in [5.41, 5.74) is 0.552. The van der Waals surface area contributed by atoms with Gasteiger partial charge in [0.15, 0.2) is 0 Å². The third kappa shape index (κ3) is 2.46. The van der Waals surface area contributed by atoms with Gasteiger partial charge in [-0.2, -0.15) is 0 Å². The van der Waals surface area contributed by atoms with Gasteiger partial charge < -0.3 is 10.1 Å². The molecule has 1 atom stereocenters. The molecule has 1 aliphatic heterocycles. The second kappa shape index (κ2) is 4.59. The summed E-state index contributed by atoms with van der Waals surface area (Å²) in [4.78, 5) is 15.6. The number of amides is 1. The molecule has 1 aromatic heterocycles. The van der Waals surface area contributed by atoms with Crippen LogP contribution in [0.25, 0.3) is 0 Å². The Kier molecular flexibility index (Phi) is 3.18. The van der Waals surface area contributed by atoms with Crippen LogP contribution in [0, 0.1) is 5.92 Å². The molecule has 0 radical (unpaired) electrons. The molecule has 1 aromatic rings. The molecular formula is C10H11ClN2O2. The van der Waals surface area contributed by atoms with Gasteiger partial charge in [-0.25, -0.2) is 0 Å². The number of halogens is 1. The number of pyridine rings is 1. The Balaban J connectivity index is 2.02. The van der Waals surface area contributed by atoms with Crippen LogP contribution in [0.4, 0.5) is 5.69 Å². The molecule has 1 saturated heterocycles. The first-order valence-electron chi connectivity index (χ1n) is 4.75. The van der Waals surface area contributed by atoms with E-state index in [0.29, 0.717) is 23.9 Å². The van der Waals surface area contributed by atoms with Crippen molar-refractivity contribution in [3.63, 3.8) is 0 Å². The number of nitrogens with one attached hydrogen (secondary N) is 1. The third-order valence-corrected chi connectivity index (χ3v) is 2.66. The number of rotatable bonds is 2. The highest BCUT2D eigenvalue weighted by atomic mass is 35.5. The fourth-order valence-electron chi connectivity index (χ4n) is 1.45. The number of anilines is 1. The fraction of sp³-hybridized carbons (Fsp3) is 0.400. The molecule has 5 heteroatoms. The largest absolute Gasteiger partial charge is 0.381 e. The van der Waals surface area contributed by atoms with E-state index in [2.05, 4.69) is 10.3 Å². The Morgan fingerprint density at radius 2 is 2.53 bits per heavy atom. The lowest BCUT2D eigenvalue weighted by Gasteiger charge is -2.09. The van der Waals surface area contributed by atoms with E-state index in [1.807, 2.05) is 0 Å². The Bertz CT molecular complexity index is 364. The minimum absolute atomic E-state index is 0.0533. The van der Waals surface area contributed by atoms with Gasteiger partial charge in [-0.15, -0.1) is 0 Å². The molecule has 1 aliphatic rings. The smallest absolute Gasteiger partial charge is 0.229 e. The summed E-state index contributed by atoms with van der Waals surface area (Å²) < 4.78 is 5.14. The van der Waals surface area contributed by atoms with E-state index in [1.54, 1.807) is 12.3 Å². The standard InChI is InChI=1S/C10H11ClN2O2/c11-8-1-3-12-5-9(8)13-10(14)7-2-4-15-6-7/h1,3,5,7H,2,4,6H2,(H,13,14). The van der Waals surface area contributed by atoms with Crippen molar-refractivity contribution < 1.29 is 9.53 Å². The summed E-state index contributed by atoms with van der Waals surface area (Å²) in [5.74, 6) is -0.122. The van der Waals surface area contributed by atoms with Crippen molar-refractivity contribution in [2.45, 2.75) is 6.42 Å². The van der Waals surface area contributed by atoms with Crippen molar-refractivity contribution >= 4 is 23.2 Å². The highest BCUT2D eigenvalue weighted by Gasteiger charge is 2.23. The molecule has 2 heterocycles. The van der Waals surface area contributed by atoms with Crippen LogP contribution < -0.4 is 5.32 Å². The van der Waals surface area contributed by atoms with Gasteiger partial charge in [0, 0.05) is 12.8 Å². The zero-order chi connectivity index (χ0) is 10.7. The van der Waals surface area contributed by atoms with Gasteiger partial charge in [0.2, 0.25) is 5.91 Å². The lowest BCUT2D eigenvalue weighted by Crippen LogP contribution is -2.23. The minimum Gasteiger partial charge on any atom is -0.381 e. The average molecular weight is 227 g/mol. The number of carbonyl (C=O) groups excluding carboxylic acids is 1. The minimum atomic E-state index is -0.0683. The van der Waals surface area contributed by atoms with E-state index in [4.69, 9.17) is 16.3 Å². The summed E-state index contributed by atoms with van der Waals surface area (Å²) in [6.45, 7) is 1.14. The van der Waals surface area contributed by atoms with Crippen LogP contribution in [-0.2, 0) is 9.53 Å². The van der Waals surface area contributed by atoms with Gasteiger partial charge in [0.1, 0.15) is 0 Å². The lowest BCUT2D eigenvalue weighted by molar-refractivity contribution is -0.119.